The van der Waals surface area contributed by atoms with Crippen molar-refractivity contribution in [2.45, 2.75) is 19.4 Å². The van der Waals surface area contributed by atoms with Gasteiger partial charge in [-0.05, 0) is 31.2 Å². The third kappa shape index (κ3) is 3.90. The summed E-state index contributed by atoms with van der Waals surface area (Å²) in [6, 6.07) is 4.97. The quantitative estimate of drug-likeness (QED) is 0.869. The normalized spacial score (nSPS) is 12.4. The van der Waals surface area contributed by atoms with E-state index in [1.807, 2.05) is 6.92 Å². The molecule has 0 amide bonds. The molecule has 21 heavy (non-hydrogen) atoms. The van der Waals surface area contributed by atoms with Crippen molar-refractivity contribution in [2.24, 2.45) is 0 Å². The van der Waals surface area contributed by atoms with Gasteiger partial charge < -0.3 is 5.32 Å². The minimum absolute atomic E-state index is 0.0104. The zero-order chi connectivity index (χ0) is 15.4. The molecule has 0 saturated heterocycles. The standard InChI is InChI=1S/C15H14Cl2F2N2/c1-2-20-14(15-11(17)6-9(16)8-21-15)7-10-12(18)4-3-5-13(10)19/h3-6,8,14,20H,2,7H2,1H3. The highest BCUT2D eigenvalue weighted by atomic mass is 35.5. The molecule has 6 heteroatoms. The van der Waals surface area contributed by atoms with E-state index in [9.17, 15) is 8.78 Å². The molecule has 0 aliphatic carbocycles. The van der Waals surface area contributed by atoms with Gasteiger partial charge in [0.05, 0.1) is 21.8 Å². The lowest BCUT2D eigenvalue weighted by molar-refractivity contribution is 0.492. The van der Waals surface area contributed by atoms with Crippen LogP contribution in [0.15, 0.2) is 30.5 Å². The summed E-state index contributed by atoms with van der Waals surface area (Å²) in [6.45, 7) is 2.51. The maximum Gasteiger partial charge on any atom is 0.129 e. The summed E-state index contributed by atoms with van der Waals surface area (Å²) in [4.78, 5) is 4.18. The van der Waals surface area contributed by atoms with E-state index in [1.54, 1.807) is 6.07 Å². The Kier molecular flexibility index (Phi) is 5.51. The summed E-state index contributed by atoms with van der Waals surface area (Å²) in [5.74, 6) is -1.16. The molecule has 1 heterocycles. The molecule has 1 N–H and O–H groups in total. The second-order valence-electron chi connectivity index (χ2n) is 4.54. The van der Waals surface area contributed by atoms with Gasteiger partial charge in [0.2, 0.25) is 0 Å². The van der Waals surface area contributed by atoms with Crippen molar-refractivity contribution in [1.82, 2.24) is 10.3 Å². The fraction of sp³-hybridized carbons (Fsp3) is 0.267. The first kappa shape index (κ1) is 16.1. The Labute approximate surface area is 132 Å². The van der Waals surface area contributed by atoms with Gasteiger partial charge in [-0.3, -0.25) is 4.98 Å². The SMILES string of the molecule is CCNC(Cc1c(F)cccc1F)c1ncc(Cl)cc1Cl. The van der Waals surface area contributed by atoms with Gasteiger partial charge in [-0.15, -0.1) is 0 Å². The third-order valence-electron chi connectivity index (χ3n) is 3.09. The summed E-state index contributed by atoms with van der Waals surface area (Å²) in [5, 5.41) is 3.92. The van der Waals surface area contributed by atoms with Crippen LogP contribution in [0.25, 0.3) is 0 Å². The second kappa shape index (κ2) is 7.16. The highest BCUT2D eigenvalue weighted by Crippen LogP contribution is 2.27. The number of nitrogens with zero attached hydrogens (tertiary/aromatic N) is 1. The second-order valence-corrected chi connectivity index (χ2v) is 5.38. The maximum atomic E-state index is 13.8. The van der Waals surface area contributed by atoms with E-state index in [2.05, 4.69) is 10.3 Å². The molecule has 0 radical (unpaired) electrons. The number of hydrogen-bond donors (Lipinski definition) is 1. The number of halogens is 4. The minimum atomic E-state index is -0.581. The highest BCUT2D eigenvalue weighted by Gasteiger charge is 2.20. The van der Waals surface area contributed by atoms with Crippen LogP contribution in [0.2, 0.25) is 10.0 Å². The fourth-order valence-electron chi connectivity index (χ4n) is 2.12. The molecule has 1 aromatic heterocycles. The first-order valence-electron chi connectivity index (χ1n) is 6.50. The Morgan fingerprint density at radius 2 is 1.90 bits per heavy atom. The number of likely N-dealkylation sites (N-methyl/N-ethyl adjacent to an activating group) is 1. The van der Waals surface area contributed by atoms with Crippen LogP contribution in [0.4, 0.5) is 8.78 Å². The van der Waals surface area contributed by atoms with Crippen LogP contribution < -0.4 is 5.32 Å². The lowest BCUT2D eigenvalue weighted by Gasteiger charge is -2.19. The average molecular weight is 331 g/mol. The van der Waals surface area contributed by atoms with Gasteiger partial charge in [-0.25, -0.2) is 8.78 Å². The molecule has 0 aliphatic heterocycles. The Hall–Kier alpha value is -1.23. The van der Waals surface area contributed by atoms with E-state index in [0.717, 1.165) is 0 Å². The van der Waals surface area contributed by atoms with Crippen molar-refractivity contribution >= 4 is 23.2 Å². The molecule has 0 spiro atoms. The van der Waals surface area contributed by atoms with Gasteiger partial charge in [-0.2, -0.15) is 0 Å². The number of benzene rings is 1. The zero-order valence-corrected chi connectivity index (χ0v) is 12.8. The van der Waals surface area contributed by atoms with Gasteiger partial charge in [0.25, 0.3) is 0 Å². The topological polar surface area (TPSA) is 24.9 Å². The molecule has 2 rings (SSSR count). The molecule has 1 unspecified atom stereocenters. The fourth-order valence-corrected chi connectivity index (χ4v) is 2.64. The van der Waals surface area contributed by atoms with Crippen molar-refractivity contribution < 1.29 is 8.78 Å². The van der Waals surface area contributed by atoms with Crippen molar-refractivity contribution in [3.8, 4) is 0 Å². The Morgan fingerprint density at radius 1 is 1.24 bits per heavy atom. The van der Waals surface area contributed by atoms with E-state index in [1.165, 1.54) is 24.4 Å². The number of rotatable bonds is 5. The average Bonchev–Trinajstić information content (AvgIpc) is 2.42. The number of pyridine rings is 1. The number of hydrogen-bond acceptors (Lipinski definition) is 2. The van der Waals surface area contributed by atoms with Gasteiger partial charge in [-0.1, -0.05) is 36.2 Å². The lowest BCUT2D eigenvalue weighted by Crippen LogP contribution is -2.25. The predicted octanol–water partition coefficient (Wildman–Crippen LogP) is 4.56. The van der Waals surface area contributed by atoms with Crippen LogP contribution >= 0.6 is 23.2 Å². The molecule has 2 aromatic rings. The smallest absolute Gasteiger partial charge is 0.129 e. The van der Waals surface area contributed by atoms with Crippen molar-refractivity contribution in [3.05, 3.63) is 63.4 Å². The first-order chi connectivity index (χ1) is 10.0. The van der Waals surface area contributed by atoms with E-state index in [4.69, 9.17) is 23.2 Å². The van der Waals surface area contributed by atoms with Crippen LogP contribution in [-0.2, 0) is 6.42 Å². The van der Waals surface area contributed by atoms with Gasteiger partial charge in [0.1, 0.15) is 11.6 Å². The molecule has 0 saturated carbocycles. The molecule has 0 bridgehead atoms. The highest BCUT2D eigenvalue weighted by molar-refractivity contribution is 6.34. The van der Waals surface area contributed by atoms with E-state index in [0.29, 0.717) is 22.3 Å². The van der Waals surface area contributed by atoms with Crippen molar-refractivity contribution in [3.63, 3.8) is 0 Å². The summed E-state index contributed by atoms with van der Waals surface area (Å²) in [5.41, 5.74) is 0.529. The minimum Gasteiger partial charge on any atom is -0.309 e. The largest absolute Gasteiger partial charge is 0.309 e. The molecular weight excluding hydrogens is 317 g/mol. The molecular formula is C15H14Cl2F2N2. The predicted molar refractivity (Wildman–Crippen MR) is 80.7 cm³/mol. The summed E-state index contributed by atoms with van der Waals surface area (Å²) >= 11 is 12.0. The third-order valence-corrected chi connectivity index (χ3v) is 3.60. The molecule has 1 atom stereocenters. The monoisotopic (exact) mass is 330 g/mol. The van der Waals surface area contributed by atoms with E-state index < -0.39 is 17.7 Å². The Morgan fingerprint density at radius 3 is 2.48 bits per heavy atom. The molecule has 2 nitrogen and oxygen atoms in total. The zero-order valence-electron chi connectivity index (χ0n) is 11.3. The van der Waals surface area contributed by atoms with Crippen molar-refractivity contribution in [2.75, 3.05) is 6.54 Å². The molecule has 0 aliphatic rings. The molecule has 112 valence electrons. The molecule has 1 aromatic carbocycles. The van der Waals surface area contributed by atoms with Crippen LogP contribution in [-0.4, -0.2) is 11.5 Å². The summed E-state index contributed by atoms with van der Waals surface area (Å²) in [6.07, 6.45) is 1.57. The molecule has 0 fully saturated rings. The first-order valence-corrected chi connectivity index (χ1v) is 7.25. The van der Waals surface area contributed by atoms with Gasteiger partial charge in [0, 0.05) is 11.8 Å². The summed E-state index contributed by atoms with van der Waals surface area (Å²) in [7, 11) is 0. The van der Waals surface area contributed by atoms with E-state index in [-0.39, 0.29) is 12.0 Å². The van der Waals surface area contributed by atoms with Crippen LogP contribution in [0.3, 0.4) is 0 Å². The summed E-state index contributed by atoms with van der Waals surface area (Å²) < 4.78 is 27.6. The van der Waals surface area contributed by atoms with E-state index >= 15 is 0 Å². The number of aromatic nitrogens is 1. The number of nitrogens with one attached hydrogen (secondary N) is 1. The lowest BCUT2D eigenvalue weighted by atomic mass is 10.0. The maximum absolute atomic E-state index is 13.8. The van der Waals surface area contributed by atoms with Crippen LogP contribution in [0.1, 0.15) is 24.2 Å². The Balaban J connectivity index is 2.35. The van der Waals surface area contributed by atoms with Gasteiger partial charge >= 0.3 is 0 Å². The van der Waals surface area contributed by atoms with Gasteiger partial charge in [0.15, 0.2) is 0 Å². The Bertz CT molecular complexity index is 615. The van der Waals surface area contributed by atoms with Crippen molar-refractivity contribution in [1.29, 1.82) is 0 Å². The van der Waals surface area contributed by atoms with Crippen LogP contribution in [0.5, 0.6) is 0 Å². The van der Waals surface area contributed by atoms with Crippen LogP contribution in [0, 0.1) is 11.6 Å².